The van der Waals surface area contributed by atoms with Crippen LogP contribution in [0.4, 0.5) is 5.69 Å². The maximum Gasteiger partial charge on any atom is 0.265 e. The van der Waals surface area contributed by atoms with Crippen LogP contribution in [0.2, 0.25) is 0 Å². The third kappa shape index (κ3) is 2.39. The highest BCUT2D eigenvalue weighted by Crippen LogP contribution is 2.38. The number of anilines is 1. The summed E-state index contributed by atoms with van der Waals surface area (Å²) in [6.07, 6.45) is 0. The first-order valence-corrected chi connectivity index (χ1v) is 7.35. The fraction of sp³-hybridized carbons (Fsp3) is 0.429. The Labute approximate surface area is 97.1 Å². The van der Waals surface area contributed by atoms with Crippen molar-refractivity contribution in [2.24, 2.45) is 0 Å². The van der Waals surface area contributed by atoms with Gasteiger partial charge in [0, 0.05) is 18.2 Å². The van der Waals surface area contributed by atoms with E-state index in [1.165, 1.54) is 12.4 Å². The van der Waals surface area contributed by atoms with Gasteiger partial charge in [-0.3, -0.25) is 0 Å². The molecule has 86 valence electrons. The van der Waals surface area contributed by atoms with Crippen molar-refractivity contribution in [1.29, 1.82) is 0 Å². The van der Waals surface area contributed by atoms with Crippen LogP contribution in [0.1, 0.15) is 6.92 Å². The van der Waals surface area contributed by atoms with Crippen LogP contribution in [0.25, 0.3) is 0 Å². The van der Waals surface area contributed by atoms with Crippen molar-refractivity contribution in [3.05, 3.63) is 5.38 Å². The zero-order valence-corrected chi connectivity index (χ0v) is 10.7. The quantitative estimate of drug-likeness (QED) is 0.805. The van der Waals surface area contributed by atoms with Gasteiger partial charge >= 0.3 is 0 Å². The van der Waals surface area contributed by atoms with Crippen LogP contribution in [0.15, 0.2) is 9.59 Å². The molecule has 1 aromatic rings. The zero-order valence-electron chi connectivity index (χ0n) is 8.30. The van der Waals surface area contributed by atoms with Gasteiger partial charge in [-0.25, -0.2) is 8.42 Å². The lowest BCUT2D eigenvalue weighted by atomic mass is 10.5. The van der Waals surface area contributed by atoms with Crippen molar-refractivity contribution in [2.75, 3.05) is 18.5 Å². The smallest absolute Gasteiger partial charge is 0.265 e. The van der Waals surface area contributed by atoms with Gasteiger partial charge in [-0.05, 0) is 0 Å². The molecule has 0 aromatic carbocycles. The summed E-state index contributed by atoms with van der Waals surface area (Å²) in [4.78, 5) is 0. The molecule has 0 saturated carbocycles. The SMILES string of the molecule is CCSN(C)S(=O)(=O)c1scc(N)c1O. The molecule has 0 radical (unpaired) electrons. The van der Waals surface area contributed by atoms with E-state index in [0.29, 0.717) is 5.75 Å². The molecule has 0 fully saturated rings. The molecule has 0 aliphatic rings. The molecule has 1 aromatic heterocycles. The molecule has 5 nitrogen and oxygen atoms in total. The fourth-order valence-corrected chi connectivity index (χ4v) is 4.63. The van der Waals surface area contributed by atoms with E-state index in [9.17, 15) is 13.5 Å². The largest absolute Gasteiger partial charge is 0.504 e. The van der Waals surface area contributed by atoms with E-state index in [0.717, 1.165) is 27.0 Å². The lowest BCUT2D eigenvalue weighted by Crippen LogP contribution is -2.19. The molecule has 8 heteroatoms. The summed E-state index contributed by atoms with van der Waals surface area (Å²) in [6.45, 7) is 1.85. The molecule has 3 N–H and O–H groups in total. The van der Waals surface area contributed by atoms with Crippen molar-refractivity contribution >= 4 is 39.0 Å². The Kier molecular flexibility index (Phi) is 3.87. The predicted molar refractivity (Wildman–Crippen MR) is 63.5 cm³/mol. The van der Waals surface area contributed by atoms with Crippen LogP contribution in [-0.2, 0) is 10.0 Å². The first kappa shape index (κ1) is 12.6. The van der Waals surface area contributed by atoms with Crippen LogP contribution in [-0.4, -0.2) is 30.0 Å². The highest BCUT2D eigenvalue weighted by atomic mass is 32.3. The molecule has 0 aliphatic carbocycles. The number of sulfonamides is 1. The normalized spacial score (nSPS) is 12.2. The topological polar surface area (TPSA) is 83.6 Å². The summed E-state index contributed by atoms with van der Waals surface area (Å²) < 4.78 is 24.7. The molecule has 0 saturated heterocycles. The number of thiophene rings is 1. The Bertz CT molecular complexity index is 440. The minimum Gasteiger partial charge on any atom is -0.504 e. The summed E-state index contributed by atoms with van der Waals surface area (Å²) in [5.41, 5.74) is 5.47. The van der Waals surface area contributed by atoms with Gasteiger partial charge < -0.3 is 10.8 Å². The van der Waals surface area contributed by atoms with Gasteiger partial charge in [0.25, 0.3) is 10.0 Å². The van der Waals surface area contributed by atoms with E-state index in [2.05, 4.69) is 0 Å². The second kappa shape index (κ2) is 4.60. The number of aromatic hydroxyl groups is 1. The average molecular weight is 268 g/mol. The molecule has 0 aliphatic heterocycles. The van der Waals surface area contributed by atoms with Gasteiger partial charge in [-0.2, -0.15) is 0 Å². The van der Waals surface area contributed by atoms with Crippen LogP contribution in [0, 0.1) is 0 Å². The zero-order chi connectivity index (χ0) is 11.6. The number of hydrogen-bond acceptors (Lipinski definition) is 6. The van der Waals surface area contributed by atoms with Crippen molar-refractivity contribution in [2.45, 2.75) is 11.1 Å². The predicted octanol–water partition coefficient (Wildman–Crippen LogP) is 1.32. The van der Waals surface area contributed by atoms with Gasteiger partial charge in [0.1, 0.15) is 0 Å². The minimum atomic E-state index is -3.63. The standard InChI is InChI=1S/C7H12N2O3S3/c1-3-14-9(2)15(11,12)7-6(10)5(8)4-13-7/h4,10H,3,8H2,1-2H3. The third-order valence-electron chi connectivity index (χ3n) is 1.64. The van der Waals surface area contributed by atoms with Crippen LogP contribution in [0.3, 0.4) is 0 Å². The Morgan fingerprint density at radius 3 is 2.67 bits per heavy atom. The summed E-state index contributed by atoms with van der Waals surface area (Å²) in [5, 5.41) is 10.9. The third-order valence-corrected chi connectivity index (χ3v) is 6.21. The minimum absolute atomic E-state index is 0.0912. The Balaban J connectivity index is 3.12. The van der Waals surface area contributed by atoms with E-state index in [1.807, 2.05) is 6.92 Å². The number of hydrogen-bond donors (Lipinski definition) is 2. The number of nitrogens with two attached hydrogens (primary N) is 1. The molecule has 0 unspecified atom stereocenters. The number of rotatable bonds is 4. The van der Waals surface area contributed by atoms with Crippen LogP contribution >= 0.6 is 23.3 Å². The molecule has 0 bridgehead atoms. The first-order chi connectivity index (χ1) is 6.91. The molecule has 1 heterocycles. The molecular formula is C7H12N2O3S3. The van der Waals surface area contributed by atoms with E-state index in [-0.39, 0.29) is 15.6 Å². The summed E-state index contributed by atoms with van der Waals surface area (Å²) in [5.74, 6) is 0.278. The van der Waals surface area contributed by atoms with Crippen molar-refractivity contribution in [3.8, 4) is 5.75 Å². The first-order valence-electron chi connectivity index (χ1n) is 4.09. The molecular weight excluding hydrogens is 256 g/mol. The highest BCUT2D eigenvalue weighted by molar-refractivity contribution is 8.09. The molecule has 15 heavy (non-hydrogen) atoms. The summed E-state index contributed by atoms with van der Waals surface area (Å²) >= 11 is 2.07. The average Bonchev–Trinajstić information content (AvgIpc) is 2.48. The van der Waals surface area contributed by atoms with Gasteiger partial charge in [0.05, 0.1) is 5.69 Å². The monoisotopic (exact) mass is 268 g/mol. The van der Waals surface area contributed by atoms with E-state index in [4.69, 9.17) is 5.73 Å². The Hall–Kier alpha value is -0.440. The second-order valence-electron chi connectivity index (χ2n) is 2.66. The number of nitrogen functional groups attached to an aromatic ring is 1. The maximum atomic E-state index is 11.9. The van der Waals surface area contributed by atoms with Crippen molar-refractivity contribution in [1.82, 2.24) is 3.71 Å². The maximum absolute atomic E-state index is 11.9. The molecule has 0 spiro atoms. The van der Waals surface area contributed by atoms with E-state index < -0.39 is 10.0 Å². The van der Waals surface area contributed by atoms with Crippen LogP contribution < -0.4 is 5.73 Å². The summed E-state index contributed by atoms with van der Waals surface area (Å²) in [7, 11) is -2.18. The Morgan fingerprint density at radius 1 is 1.67 bits per heavy atom. The lowest BCUT2D eigenvalue weighted by Gasteiger charge is -2.13. The van der Waals surface area contributed by atoms with Gasteiger partial charge in [0.2, 0.25) is 0 Å². The van der Waals surface area contributed by atoms with Gasteiger partial charge in [-0.15, -0.1) is 15.0 Å². The van der Waals surface area contributed by atoms with Crippen molar-refractivity contribution < 1.29 is 13.5 Å². The lowest BCUT2D eigenvalue weighted by molar-refractivity contribution is 0.464. The van der Waals surface area contributed by atoms with Crippen molar-refractivity contribution in [3.63, 3.8) is 0 Å². The van der Waals surface area contributed by atoms with Gasteiger partial charge in [-0.1, -0.05) is 18.9 Å². The number of nitrogens with zero attached hydrogens (tertiary/aromatic N) is 1. The van der Waals surface area contributed by atoms with E-state index in [1.54, 1.807) is 0 Å². The Morgan fingerprint density at radius 2 is 2.27 bits per heavy atom. The second-order valence-corrected chi connectivity index (χ2v) is 7.32. The van der Waals surface area contributed by atoms with Crippen LogP contribution in [0.5, 0.6) is 5.75 Å². The molecule has 0 amide bonds. The van der Waals surface area contributed by atoms with Gasteiger partial charge in [0.15, 0.2) is 9.96 Å². The molecule has 1 rings (SSSR count). The highest BCUT2D eigenvalue weighted by Gasteiger charge is 2.27. The molecule has 0 atom stereocenters. The summed E-state index contributed by atoms with van der Waals surface area (Å²) in [6, 6.07) is 0. The fourth-order valence-electron chi connectivity index (χ4n) is 0.897. The van der Waals surface area contributed by atoms with E-state index >= 15 is 0 Å².